The lowest BCUT2D eigenvalue weighted by Gasteiger charge is -2.27. The number of carbonyl (C=O) groups excluding carboxylic acids is 1. The zero-order valence-electron chi connectivity index (χ0n) is 14.5. The summed E-state index contributed by atoms with van der Waals surface area (Å²) in [6.07, 6.45) is 2.64. The highest BCUT2D eigenvalue weighted by Gasteiger charge is 2.23. The third kappa shape index (κ3) is 5.32. The van der Waals surface area contributed by atoms with E-state index < -0.39 is 10.8 Å². The van der Waals surface area contributed by atoms with Gasteiger partial charge in [0.25, 0.3) is 11.6 Å². The number of carbonyl (C=O) groups is 1. The van der Waals surface area contributed by atoms with Crippen molar-refractivity contribution in [2.45, 2.75) is 11.3 Å². The molecule has 0 bridgehead atoms. The van der Waals surface area contributed by atoms with E-state index in [-0.39, 0.29) is 11.3 Å². The second kappa shape index (κ2) is 9.59. The van der Waals surface area contributed by atoms with Crippen LogP contribution in [0.15, 0.2) is 17.0 Å². The van der Waals surface area contributed by atoms with Gasteiger partial charge in [-0.05, 0) is 25.3 Å². The highest BCUT2D eigenvalue weighted by molar-refractivity contribution is 7.98. The molecule has 0 aliphatic carbocycles. The lowest BCUT2D eigenvalue weighted by molar-refractivity contribution is -0.385. The molecule has 2 N–H and O–H groups in total. The Hall–Kier alpha value is -1.84. The number of benzene rings is 1. The summed E-state index contributed by atoms with van der Waals surface area (Å²) in [5.41, 5.74) is -0.174. The van der Waals surface area contributed by atoms with Crippen molar-refractivity contribution in [3.8, 4) is 5.75 Å². The fourth-order valence-corrected chi connectivity index (χ4v) is 3.31. The van der Waals surface area contributed by atoms with E-state index >= 15 is 0 Å². The number of thioether (sulfide) groups is 1. The van der Waals surface area contributed by atoms with Crippen LogP contribution in [0.1, 0.15) is 16.8 Å². The van der Waals surface area contributed by atoms with Crippen molar-refractivity contribution in [3.05, 3.63) is 27.8 Å². The number of ether oxygens (including phenoxy) is 1. The smallest absolute Gasteiger partial charge is 0.285 e. The molecule has 0 radical (unpaired) electrons. The first-order valence-electron chi connectivity index (χ1n) is 8.18. The summed E-state index contributed by atoms with van der Waals surface area (Å²) < 4.78 is 5.16. The number of rotatable bonds is 8. The van der Waals surface area contributed by atoms with Crippen molar-refractivity contribution in [2.75, 3.05) is 52.6 Å². The Morgan fingerprint density at radius 1 is 1.44 bits per heavy atom. The highest BCUT2D eigenvalue weighted by Crippen LogP contribution is 2.34. The van der Waals surface area contributed by atoms with E-state index in [1.54, 1.807) is 0 Å². The minimum Gasteiger partial charge on any atom is -0.495 e. The third-order valence-electron chi connectivity index (χ3n) is 4.09. The van der Waals surface area contributed by atoms with Crippen LogP contribution in [0.2, 0.25) is 0 Å². The molecule has 25 heavy (non-hydrogen) atoms. The Kier molecular flexibility index (Phi) is 7.48. The minimum absolute atomic E-state index is 0.0670. The molecular weight excluding hydrogens is 344 g/mol. The summed E-state index contributed by atoms with van der Waals surface area (Å²) in [5.74, 6) is -0.0283. The lowest BCUT2D eigenvalue weighted by Crippen LogP contribution is -2.44. The summed E-state index contributed by atoms with van der Waals surface area (Å²) in [4.78, 5) is 26.2. The van der Waals surface area contributed by atoms with Gasteiger partial charge in [0.1, 0.15) is 11.3 Å². The van der Waals surface area contributed by atoms with Gasteiger partial charge < -0.3 is 20.3 Å². The van der Waals surface area contributed by atoms with Crippen molar-refractivity contribution >= 4 is 23.4 Å². The molecule has 0 unspecified atom stereocenters. The molecule has 1 saturated heterocycles. The Morgan fingerprint density at radius 2 is 2.16 bits per heavy atom. The van der Waals surface area contributed by atoms with E-state index in [1.807, 2.05) is 6.26 Å². The quantitative estimate of drug-likeness (QED) is 0.309. The number of amides is 1. The summed E-state index contributed by atoms with van der Waals surface area (Å²) in [5, 5.41) is 17.4. The van der Waals surface area contributed by atoms with Gasteiger partial charge in [0.2, 0.25) is 0 Å². The molecule has 1 amide bonds. The molecule has 1 fully saturated rings. The molecule has 1 aliphatic rings. The van der Waals surface area contributed by atoms with E-state index in [9.17, 15) is 14.9 Å². The second-order valence-electron chi connectivity index (χ2n) is 5.68. The van der Waals surface area contributed by atoms with Crippen LogP contribution in [0.25, 0.3) is 0 Å². The molecule has 138 valence electrons. The van der Waals surface area contributed by atoms with Gasteiger partial charge in [0, 0.05) is 32.7 Å². The van der Waals surface area contributed by atoms with Gasteiger partial charge in [0.05, 0.1) is 23.0 Å². The van der Waals surface area contributed by atoms with Crippen LogP contribution in [0.4, 0.5) is 5.69 Å². The number of hydrogen-bond acceptors (Lipinski definition) is 7. The van der Waals surface area contributed by atoms with Crippen molar-refractivity contribution in [1.82, 2.24) is 15.5 Å². The molecule has 2 rings (SSSR count). The summed E-state index contributed by atoms with van der Waals surface area (Å²) in [7, 11) is 1.45. The molecule has 1 aliphatic heterocycles. The van der Waals surface area contributed by atoms with Crippen LogP contribution >= 0.6 is 11.8 Å². The lowest BCUT2D eigenvalue weighted by atomic mass is 10.1. The van der Waals surface area contributed by atoms with E-state index in [2.05, 4.69) is 15.5 Å². The number of nitrogens with zero attached hydrogens (tertiary/aromatic N) is 2. The molecule has 1 aromatic carbocycles. The first-order valence-corrected chi connectivity index (χ1v) is 9.41. The topological polar surface area (TPSA) is 96.7 Å². The van der Waals surface area contributed by atoms with Gasteiger partial charge in [0.15, 0.2) is 0 Å². The van der Waals surface area contributed by atoms with E-state index in [1.165, 1.54) is 31.0 Å². The van der Waals surface area contributed by atoms with Crippen LogP contribution in [0, 0.1) is 10.1 Å². The van der Waals surface area contributed by atoms with E-state index in [4.69, 9.17) is 4.74 Å². The van der Waals surface area contributed by atoms with Crippen LogP contribution in [0.3, 0.4) is 0 Å². The molecule has 0 aromatic heterocycles. The average Bonchev–Trinajstić information content (AvgIpc) is 2.64. The first kappa shape index (κ1) is 19.5. The molecule has 0 saturated carbocycles. The monoisotopic (exact) mass is 368 g/mol. The number of nitro benzene ring substituents is 1. The van der Waals surface area contributed by atoms with Crippen molar-refractivity contribution in [1.29, 1.82) is 0 Å². The number of nitro groups is 1. The zero-order chi connectivity index (χ0) is 18.2. The Balaban J connectivity index is 1.98. The van der Waals surface area contributed by atoms with Gasteiger partial charge in [-0.25, -0.2) is 0 Å². The SMILES string of the molecule is COc1cc([N+](=O)[O-])c(C(=O)NCCCN2CCNCC2)cc1SC. The van der Waals surface area contributed by atoms with Gasteiger partial charge in [-0.15, -0.1) is 11.8 Å². The van der Waals surface area contributed by atoms with Gasteiger partial charge in [-0.3, -0.25) is 14.9 Å². The Morgan fingerprint density at radius 3 is 2.76 bits per heavy atom. The van der Waals surface area contributed by atoms with Gasteiger partial charge >= 0.3 is 0 Å². The molecule has 1 aromatic rings. The minimum atomic E-state index is -0.553. The largest absolute Gasteiger partial charge is 0.495 e. The molecule has 0 spiro atoms. The second-order valence-corrected chi connectivity index (χ2v) is 6.53. The van der Waals surface area contributed by atoms with E-state index in [0.717, 1.165) is 39.1 Å². The third-order valence-corrected chi connectivity index (χ3v) is 4.85. The number of nitrogens with one attached hydrogen (secondary N) is 2. The standard InChI is InChI=1S/C16H24N4O4S/c1-24-14-11-13(20(22)23)12(10-15(14)25-2)16(21)18-4-3-7-19-8-5-17-6-9-19/h10-11,17H,3-9H2,1-2H3,(H,18,21). The number of hydrogen-bond donors (Lipinski definition) is 2. The molecule has 0 atom stereocenters. The van der Waals surface area contributed by atoms with Crippen LogP contribution in [-0.2, 0) is 0 Å². The maximum absolute atomic E-state index is 12.4. The number of methoxy groups -OCH3 is 1. The van der Waals surface area contributed by atoms with Crippen molar-refractivity contribution < 1.29 is 14.5 Å². The maximum Gasteiger partial charge on any atom is 0.285 e. The average molecular weight is 368 g/mol. The predicted molar refractivity (Wildman–Crippen MR) is 97.7 cm³/mol. The predicted octanol–water partition coefficient (Wildman–Crippen LogP) is 1.35. The summed E-state index contributed by atoms with van der Waals surface area (Å²) in [6.45, 7) is 5.39. The number of piperazine rings is 1. The van der Waals surface area contributed by atoms with Gasteiger partial charge in [-0.2, -0.15) is 0 Å². The van der Waals surface area contributed by atoms with Crippen LogP contribution in [-0.4, -0.2) is 68.4 Å². The van der Waals surface area contributed by atoms with E-state index in [0.29, 0.717) is 17.2 Å². The summed E-state index contributed by atoms with van der Waals surface area (Å²) >= 11 is 1.38. The van der Waals surface area contributed by atoms with Crippen molar-refractivity contribution in [2.24, 2.45) is 0 Å². The fourth-order valence-electron chi connectivity index (χ4n) is 2.74. The van der Waals surface area contributed by atoms with Crippen molar-refractivity contribution in [3.63, 3.8) is 0 Å². The molecule has 8 nitrogen and oxygen atoms in total. The summed E-state index contributed by atoms with van der Waals surface area (Å²) in [6, 6.07) is 2.83. The molecule has 1 heterocycles. The maximum atomic E-state index is 12.4. The fraction of sp³-hybridized carbons (Fsp3) is 0.562. The normalized spacial score (nSPS) is 15.0. The highest BCUT2D eigenvalue weighted by atomic mass is 32.2. The van der Waals surface area contributed by atoms with Crippen LogP contribution < -0.4 is 15.4 Å². The van der Waals surface area contributed by atoms with Crippen LogP contribution in [0.5, 0.6) is 5.75 Å². The first-order chi connectivity index (χ1) is 12.1. The molecule has 9 heteroatoms. The Labute approximate surface area is 151 Å². The zero-order valence-corrected chi connectivity index (χ0v) is 15.4. The van der Waals surface area contributed by atoms with Gasteiger partial charge in [-0.1, -0.05) is 0 Å². The molecular formula is C16H24N4O4S. The Bertz CT molecular complexity index is 620.